The van der Waals surface area contributed by atoms with E-state index in [2.05, 4.69) is 0 Å². The molecule has 0 rings (SSSR count). The summed E-state index contributed by atoms with van der Waals surface area (Å²) in [6.07, 6.45) is 0. The molecule has 0 saturated carbocycles. The third kappa shape index (κ3) is 9.10. The molecule has 0 aliphatic heterocycles. The molecule has 0 amide bonds. The van der Waals surface area contributed by atoms with E-state index in [9.17, 15) is 2.73 Å². The van der Waals surface area contributed by atoms with E-state index in [0.717, 1.165) is 0 Å². The van der Waals surface area contributed by atoms with Gasteiger partial charge in [0.25, 0.3) is 0 Å². The fourth-order valence-electron chi connectivity index (χ4n) is 0. The molecule has 0 aliphatic carbocycles. The van der Waals surface area contributed by atoms with Crippen molar-refractivity contribution in [2.24, 2.45) is 0 Å². The molecule has 0 nitrogen and oxygen atoms in total. The molecule has 20 valence electrons. The molecule has 0 spiro atoms. The summed E-state index contributed by atoms with van der Waals surface area (Å²) in [5.41, 5.74) is 0. The van der Waals surface area contributed by atoms with Gasteiger partial charge < -0.3 is 0 Å². The van der Waals surface area contributed by atoms with Crippen LogP contribution in [0.5, 0.6) is 0 Å². The number of hydrogen-bond acceptors (Lipinski definition) is 0. The number of rotatable bonds is 0. The van der Waals surface area contributed by atoms with Gasteiger partial charge in [0.2, 0.25) is 0 Å². The maximum atomic E-state index is 9.81. The van der Waals surface area contributed by atoms with Crippen LogP contribution in [0, 0.1) is 0 Å². The SMILES string of the molecule is [F][Ca][F].[MgH2]. The van der Waals surface area contributed by atoms with E-state index in [-0.39, 0.29) is 23.1 Å². The van der Waals surface area contributed by atoms with E-state index in [4.69, 9.17) is 0 Å². The summed E-state index contributed by atoms with van der Waals surface area (Å²) < 4.78 is 19.6. The maximum Gasteiger partial charge on any atom is 0.316 e. The molecule has 0 heterocycles. The predicted molar refractivity (Wildman–Crippen MR) is 16.5 cm³/mol. The Kier molecular flexibility index (Phi) is 20.6. The first kappa shape index (κ1) is 9.31. The van der Waals surface area contributed by atoms with Gasteiger partial charge in [-0.2, -0.15) is 0 Å². The quantitative estimate of drug-likeness (QED) is 0.365. The van der Waals surface area contributed by atoms with Gasteiger partial charge in [-0.1, -0.05) is 0 Å². The number of halogens is 2. The van der Waals surface area contributed by atoms with E-state index >= 15 is 0 Å². The summed E-state index contributed by atoms with van der Waals surface area (Å²) in [6, 6.07) is 0. The summed E-state index contributed by atoms with van der Waals surface area (Å²) in [5, 5.41) is 0. The van der Waals surface area contributed by atoms with Crippen LogP contribution in [0.1, 0.15) is 0 Å². The first-order chi connectivity index (χ1) is 1.41. The standard InChI is InChI=1S/Ca.2FH.Mg.2H/h;2*1H;;;/q+2;;;;;/p-2. The second-order valence-corrected chi connectivity index (χ2v) is 0.416. The number of hydrogen-bond donors (Lipinski definition) is 0. The molecular formula is H2CaF2Mg. The van der Waals surface area contributed by atoms with E-state index in [1.807, 2.05) is 0 Å². The minimum absolute atomic E-state index is 0. The van der Waals surface area contributed by atoms with Crippen molar-refractivity contribution in [1.29, 1.82) is 0 Å². The van der Waals surface area contributed by atoms with Crippen molar-refractivity contribution in [1.82, 2.24) is 0 Å². The van der Waals surface area contributed by atoms with Crippen LogP contribution < -0.4 is 0 Å². The topological polar surface area (TPSA) is 0 Å². The summed E-state index contributed by atoms with van der Waals surface area (Å²) >= 11 is -2.88. The van der Waals surface area contributed by atoms with Gasteiger partial charge in [0.1, 0.15) is 0 Å². The molecule has 0 bridgehead atoms. The third-order valence-corrected chi connectivity index (χ3v) is 0. The van der Waals surface area contributed by atoms with Crippen LogP contribution >= 0.6 is 0 Å². The van der Waals surface area contributed by atoms with Crippen molar-refractivity contribution >= 4 is 58.4 Å². The molecule has 0 radical (unpaired) electrons. The summed E-state index contributed by atoms with van der Waals surface area (Å²) in [6.45, 7) is 0. The largest absolute Gasteiger partial charge is 0.316 e. The Morgan fingerprint density at radius 2 is 1.25 bits per heavy atom. The van der Waals surface area contributed by atoms with Gasteiger partial charge in [-0.3, -0.25) is 0 Å². The summed E-state index contributed by atoms with van der Waals surface area (Å²) in [4.78, 5) is 0. The third-order valence-electron chi connectivity index (χ3n) is 0. The van der Waals surface area contributed by atoms with Gasteiger partial charge in [-0.15, -0.1) is 0 Å². The Morgan fingerprint density at radius 3 is 1.25 bits per heavy atom. The van der Waals surface area contributed by atoms with Gasteiger partial charge in [0.05, 0.1) is 0 Å². The minimum atomic E-state index is -2.88. The Bertz CT molecular complexity index is 6.00. The van der Waals surface area contributed by atoms with Gasteiger partial charge >= 0.3 is 61.2 Å². The first-order valence-corrected chi connectivity index (χ1v) is 2.20. The minimum Gasteiger partial charge on any atom is 0.316 e. The fraction of sp³-hybridized carbons (Fsp3) is 0. The predicted octanol–water partition coefficient (Wildman–Crippen LogP) is -0.457. The Morgan fingerprint density at radius 1 is 1.25 bits per heavy atom. The van der Waals surface area contributed by atoms with Crippen LogP contribution in [0.3, 0.4) is 0 Å². The van der Waals surface area contributed by atoms with Gasteiger partial charge in [0.15, 0.2) is 0 Å². The van der Waals surface area contributed by atoms with E-state index in [1.165, 1.54) is 0 Å². The molecule has 0 aromatic heterocycles. The zero-order chi connectivity index (χ0) is 2.71. The molecule has 0 aromatic carbocycles. The second-order valence-electron chi connectivity index (χ2n) is 0.101. The first-order valence-electron chi connectivity index (χ1n) is 0.535. The normalized spacial score (nSPS) is 2.50. The van der Waals surface area contributed by atoms with Crippen LogP contribution in [0.4, 0.5) is 2.73 Å². The van der Waals surface area contributed by atoms with Gasteiger partial charge in [0, 0.05) is 0 Å². The average Bonchev–Trinajstić information content (AvgIpc) is 0.918. The smallest absolute Gasteiger partial charge is 0.316 e. The van der Waals surface area contributed by atoms with Crippen molar-refractivity contribution in [2.45, 2.75) is 0 Å². The average molecular weight is 104 g/mol. The van der Waals surface area contributed by atoms with Crippen LogP contribution in [0.15, 0.2) is 0 Å². The molecule has 0 fully saturated rings. The summed E-state index contributed by atoms with van der Waals surface area (Å²) in [7, 11) is 0. The van der Waals surface area contributed by atoms with Crippen LogP contribution in [0.2, 0.25) is 0 Å². The Balaban J connectivity index is 0. The summed E-state index contributed by atoms with van der Waals surface area (Å²) in [5.74, 6) is 0. The molecule has 0 saturated heterocycles. The maximum absolute atomic E-state index is 9.81. The van der Waals surface area contributed by atoms with E-state index in [0.29, 0.717) is 0 Å². The molecule has 0 N–H and O–H groups in total. The van der Waals surface area contributed by atoms with Gasteiger partial charge in [-0.05, 0) is 0 Å². The Hall–Kier alpha value is 1.89. The molecule has 0 unspecified atom stereocenters. The van der Waals surface area contributed by atoms with Crippen LogP contribution in [-0.2, 0) is 0 Å². The van der Waals surface area contributed by atoms with Crippen molar-refractivity contribution in [3.8, 4) is 0 Å². The zero-order valence-electron chi connectivity index (χ0n) is 1.46. The van der Waals surface area contributed by atoms with Crippen molar-refractivity contribution in [3.63, 3.8) is 0 Å². The molecule has 0 atom stereocenters. The Labute approximate surface area is 60.2 Å². The molecule has 0 aromatic rings. The van der Waals surface area contributed by atoms with Gasteiger partial charge in [-0.25, -0.2) is 0 Å². The molecular weight excluding hydrogens is 102 g/mol. The van der Waals surface area contributed by atoms with Crippen molar-refractivity contribution < 1.29 is 2.73 Å². The second kappa shape index (κ2) is 8.86. The zero-order valence-corrected chi connectivity index (χ0v) is 3.67. The van der Waals surface area contributed by atoms with Crippen LogP contribution in [0.25, 0.3) is 0 Å². The van der Waals surface area contributed by atoms with Crippen LogP contribution in [-0.4, -0.2) is 58.4 Å². The van der Waals surface area contributed by atoms with E-state index < -0.39 is 35.4 Å². The molecule has 0 aliphatic rings. The van der Waals surface area contributed by atoms with E-state index in [1.54, 1.807) is 0 Å². The van der Waals surface area contributed by atoms with Crippen molar-refractivity contribution in [2.75, 3.05) is 0 Å². The molecule has 4 heteroatoms. The van der Waals surface area contributed by atoms with Crippen molar-refractivity contribution in [3.05, 3.63) is 0 Å². The monoisotopic (exact) mass is 104 g/mol. The molecule has 4 heavy (non-hydrogen) atoms. The fourth-order valence-corrected chi connectivity index (χ4v) is 0.